The molecule has 0 bridgehead atoms. The fourth-order valence-corrected chi connectivity index (χ4v) is 3.93. The van der Waals surface area contributed by atoms with Crippen LogP contribution >= 0.6 is 23.1 Å². The van der Waals surface area contributed by atoms with Gasteiger partial charge in [0.25, 0.3) is 0 Å². The van der Waals surface area contributed by atoms with Gasteiger partial charge in [-0.15, -0.1) is 28.1 Å². The molecule has 0 fully saturated rings. The Bertz CT molecular complexity index is 976. The van der Waals surface area contributed by atoms with E-state index in [9.17, 15) is 4.79 Å². The smallest absolute Gasteiger partial charge is 0.236 e. The minimum Gasteiger partial charge on any atom is -0.486 e. The van der Waals surface area contributed by atoms with Crippen LogP contribution in [0.5, 0.6) is 5.75 Å². The Morgan fingerprint density at radius 3 is 2.70 bits per heavy atom. The first-order chi connectivity index (χ1) is 14.4. The number of carbonyl (C=O) groups is 1. The fourth-order valence-electron chi connectivity index (χ4n) is 2.61. The highest BCUT2D eigenvalue weighted by atomic mass is 32.2. The first kappa shape index (κ1) is 22.0. The number of rotatable bonds is 9. The maximum absolute atomic E-state index is 12.1. The average molecular weight is 444 g/mol. The summed E-state index contributed by atoms with van der Waals surface area (Å²) in [6.45, 7) is 11.1. The quantitative estimate of drug-likeness (QED) is 0.387. The van der Waals surface area contributed by atoms with Crippen LogP contribution in [0.2, 0.25) is 0 Å². The first-order valence-corrected chi connectivity index (χ1v) is 11.3. The van der Waals surface area contributed by atoms with Crippen molar-refractivity contribution in [2.24, 2.45) is 0 Å². The van der Waals surface area contributed by atoms with E-state index in [1.807, 2.05) is 22.1 Å². The molecule has 1 aromatic carbocycles. The van der Waals surface area contributed by atoms with Crippen LogP contribution in [0, 0.1) is 0 Å². The number of ether oxygens (including phenoxy) is 1. The molecular weight excluding hydrogens is 418 g/mol. The van der Waals surface area contributed by atoms with Crippen molar-refractivity contribution >= 4 is 34.1 Å². The molecule has 9 heteroatoms. The number of aromatic nitrogens is 4. The van der Waals surface area contributed by atoms with Crippen molar-refractivity contribution in [3.8, 4) is 5.75 Å². The Morgan fingerprint density at radius 1 is 1.30 bits per heavy atom. The third-order valence-electron chi connectivity index (χ3n) is 4.20. The molecule has 0 aliphatic carbocycles. The summed E-state index contributed by atoms with van der Waals surface area (Å²) in [7, 11) is 0. The van der Waals surface area contributed by atoms with Crippen molar-refractivity contribution in [1.82, 2.24) is 19.7 Å². The third-order valence-corrected chi connectivity index (χ3v) is 5.86. The summed E-state index contributed by atoms with van der Waals surface area (Å²) in [6.07, 6.45) is 3.42. The van der Waals surface area contributed by atoms with Crippen LogP contribution in [-0.4, -0.2) is 31.4 Å². The van der Waals surface area contributed by atoms with Crippen LogP contribution in [0.25, 0.3) is 0 Å². The molecule has 3 rings (SSSR count). The van der Waals surface area contributed by atoms with E-state index in [0.29, 0.717) is 22.7 Å². The van der Waals surface area contributed by atoms with Crippen molar-refractivity contribution in [3.05, 3.63) is 59.9 Å². The van der Waals surface area contributed by atoms with Gasteiger partial charge in [0.05, 0.1) is 5.75 Å². The van der Waals surface area contributed by atoms with Crippen LogP contribution in [0.4, 0.5) is 5.13 Å². The van der Waals surface area contributed by atoms with Gasteiger partial charge in [0.2, 0.25) is 5.91 Å². The Kier molecular flexibility index (Phi) is 7.28. The molecule has 158 valence electrons. The number of amides is 1. The van der Waals surface area contributed by atoms with E-state index in [-0.39, 0.29) is 23.7 Å². The van der Waals surface area contributed by atoms with Crippen LogP contribution in [0.1, 0.15) is 32.2 Å². The van der Waals surface area contributed by atoms with Gasteiger partial charge >= 0.3 is 0 Å². The number of thiazole rings is 1. The van der Waals surface area contributed by atoms with Gasteiger partial charge in [-0.25, -0.2) is 4.98 Å². The summed E-state index contributed by atoms with van der Waals surface area (Å²) >= 11 is 2.69. The Morgan fingerprint density at radius 2 is 2.07 bits per heavy atom. The zero-order valence-electron chi connectivity index (χ0n) is 17.3. The van der Waals surface area contributed by atoms with Crippen molar-refractivity contribution in [2.75, 3.05) is 11.1 Å². The van der Waals surface area contributed by atoms with Crippen LogP contribution < -0.4 is 10.1 Å². The Hall–Kier alpha value is -2.65. The number of nitrogens with one attached hydrogen (secondary N) is 1. The standard InChI is InChI=1S/C21H25N5O2S2/c1-5-11-26-17(13-28-16-8-6-15(7-9-16)21(2,3)4)24-25-20(26)30-14-18(27)23-19-22-10-12-29-19/h5-10,12H,1,11,13-14H2,2-4H3,(H,22,23,27). The van der Waals surface area contributed by atoms with Crippen molar-refractivity contribution in [2.45, 2.75) is 44.5 Å². The molecule has 3 aromatic rings. The van der Waals surface area contributed by atoms with E-state index in [4.69, 9.17) is 4.74 Å². The van der Waals surface area contributed by atoms with Gasteiger partial charge in [0, 0.05) is 18.1 Å². The van der Waals surface area contributed by atoms with Gasteiger partial charge in [-0.05, 0) is 23.1 Å². The second kappa shape index (κ2) is 9.90. The van der Waals surface area contributed by atoms with Crippen LogP contribution in [0.15, 0.2) is 53.7 Å². The highest BCUT2D eigenvalue weighted by molar-refractivity contribution is 7.99. The minimum atomic E-state index is -0.139. The lowest BCUT2D eigenvalue weighted by Gasteiger charge is -2.19. The molecular formula is C21H25N5O2S2. The number of thioether (sulfide) groups is 1. The third kappa shape index (κ3) is 5.93. The monoisotopic (exact) mass is 443 g/mol. The molecule has 1 amide bonds. The van der Waals surface area contributed by atoms with E-state index in [1.165, 1.54) is 28.7 Å². The van der Waals surface area contributed by atoms with E-state index < -0.39 is 0 Å². The average Bonchev–Trinajstić information content (AvgIpc) is 3.35. The molecule has 0 saturated heterocycles. The van der Waals surface area contributed by atoms with Crippen molar-refractivity contribution in [1.29, 1.82) is 0 Å². The lowest BCUT2D eigenvalue weighted by atomic mass is 9.87. The summed E-state index contributed by atoms with van der Waals surface area (Å²) in [5, 5.41) is 14.3. The Balaban J connectivity index is 1.60. The van der Waals surface area contributed by atoms with Crippen molar-refractivity contribution in [3.63, 3.8) is 0 Å². The number of hydrogen-bond acceptors (Lipinski definition) is 7. The van der Waals surface area contributed by atoms with Crippen molar-refractivity contribution < 1.29 is 9.53 Å². The summed E-state index contributed by atoms with van der Waals surface area (Å²) in [5.41, 5.74) is 1.35. The van der Waals surface area contributed by atoms with E-state index in [2.05, 4.69) is 60.0 Å². The molecule has 2 aromatic heterocycles. The molecule has 0 radical (unpaired) electrons. The van der Waals surface area contributed by atoms with Gasteiger partial charge in [-0.2, -0.15) is 0 Å². The fraction of sp³-hybridized carbons (Fsp3) is 0.333. The molecule has 0 saturated carbocycles. The molecule has 0 aliphatic heterocycles. The van der Waals surface area contributed by atoms with Gasteiger partial charge in [0.1, 0.15) is 12.4 Å². The molecule has 0 unspecified atom stereocenters. The predicted octanol–water partition coefficient (Wildman–Crippen LogP) is 4.53. The first-order valence-electron chi connectivity index (χ1n) is 9.45. The number of carbonyl (C=O) groups excluding carboxylic acids is 1. The number of benzene rings is 1. The SMILES string of the molecule is C=CCn1c(COc2ccc(C(C)(C)C)cc2)nnc1SCC(=O)Nc1nccs1. The molecule has 0 atom stereocenters. The maximum Gasteiger partial charge on any atom is 0.236 e. The molecule has 0 spiro atoms. The number of anilines is 1. The van der Waals surface area contributed by atoms with E-state index >= 15 is 0 Å². The summed E-state index contributed by atoms with van der Waals surface area (Å²) in [4.78, 5) is 16.1. The maximum atomic E-state index is 12.1. The van der Waals surface area contributed by atoms with Crippen LogP contribution in [-0.2, 0) is 23.4 Å². The molecule has 1 N–H and O–H groups in total. The van der Waals surface area contributed by atoms with Gasteiger partial charge < -0.3 is 10.1 Å². The van der Waals surface area contributed by atoms with Gasteiger partial charge in [-0.3, -0.25) is 9.36 Å². The summed E-state index contributed by atoms with van der Waals surface area (Å²) in [5.74, 6) is 1.52. The molecule has 2 heterocycles. The highest BCUT2D eigenvalue weighted by Gasteiger charge is 2.16. The number of hydrogen-bond donors (Lipinski definition) is 1. The van der Waals surface area contributed by atoms with Crippen LogP contribution in [0.3, 0.4) is 0 Å². The zero-order chi connectivity index (χ0) is 21.6. The normalized spacial score (nSPS) is 11.3. The van der Waals surface area contributed by atoms with E-state index in [0.717, 1.165) is 5.75 Å². The van der Waals surface area contributed by atoms with E-state index in [1.54, 1.807) is 12.3 Å². The molecule has 0 aliphatic rings. The molecule has 7 nitrogen and oxygen atoms in total. The summed E-state index contributed by atoms with van der Waals surface area (Å²) in [6, 6.07) is 8.08. The topological polar surface area (TPSA) is 81.9 Å². The second-order valence-corrected chi connectivity index (χ2v) is 9.37. The number of nitrogens with zero attached hydrogens (tertiary/aromatic N) is 4. The minimum absolute atomic E-state index is 0.0979. The largest absolute Gasteiger partial charge is 0.486 e. The van der Waals surface area contributed by atoms with Gasteiger partial charge in [0.15, 0.2) is 16.1 Å². The zero-order valence-corrected chi connectivity index (χ0v) is 18.9. The second-order valence-electron chi connectivity index (χ2n) is 7.54. The lowest BCUT2D eigenvalue weighted by Crippen LogP contribution is -2.14. The highest BCUT2D eigenvalue weighted by Crippen LogP contribution is 2.25. The predicted molar refractivity (Wildman–Crippen MR) is 121 cm³/mol. The summed E-state index contributed by atoms with van der Waals surface area (Å²) < 4.78 is 7.80. The number of allylic oxidation sites excluding steroid dienone is 1. The molecule has 30 heavy (non-hydrogen) atoms. The Labute approximate surface area is 184 Å². The van der Waals surface area contributed by atoms with Gasteiger partial charge in [-0.1, -0.05) is 50.7 Å². The lowest BCUT2D eigenvalue weighted by molar-refractivity contribution is -0.113.